The van der Waals surface area contributed by atoms with Crippen LogP contribution in [0.15, 0.2) is 48.5 Å². The van der Waals surface area contributed by atoms with Crippen LogP contribution in [0.25, 0.3) is 0 Å². The zero-order valence-corrected chi connectivity index (χ0v) is 13.5. The van der Waals surface area contributed by atoms with Crippen molar-refractivity contribution in [1.82, 2.24) is 0 Å². The first-order valence-corrected chi connectivity index (χ1v) is 8.66. The van der Waals surface area contributed by atoms with E-state index >= 15 is 0 Å². The summed E-state index contributed by atoms with van der Waals surface area (Å²) in [5, 5.41) is 0. The molecule has 0 spiro atoms. The lowest BCUT2D eigenvalue weighted by Crippen LogP contribution is -1.92. The Labute approximate surface area is 134 Å². The van der Waals surface area contributed by atoms with Gasteiger partial charge < -0.3 is 11.5 Å². The summed E-state index contributed by atoms with van der Waals surface area (Å²) < 4.78 is 5.51. The Morgan fingerprint density at radius 1 is 0.667 bits per heavy atom. The molecule has 0 aliphatic carbocycles. The van der Waals surface area contributed by atoms with Gasteiger partial charge in [0, 0.05) is 47.0 Å². The van der Waals surface area contributed by atoms with Crippen LogP contribution in [0.1, 0.15) is 11.1 Å². The lowest BCUT2D eigenvalue weighted by atomic mass is 10.2. The van der Waals surface area contributed by atoms with E-state index < -0.39 is 0 Å². The molecule has 0 heterocycles. The third-order valence-corrected chi connectivity index (χ3v) is 4.52. The van der Waals surface area contributed by atoms with Crippen LogP contribution in [-0.2, 0) is 16.5 Å². The molecule has 2 rings (SSSR count). The van der Waals surface area contributed by atoms with E-state index in [9.17, 15) is 0 Å². The minimum atomic E-state index is 0.806. The smallest absolute Gasteiger partial charge is 0.0314 e. The van der Waals surface area contributed by atoms with Gasteiger partial charge in [0.05, 0.1) is 0 Å². The van der Waals surface area contributed by atoms with E-state index in [1.165, 1.54) is 35.2 Å². The summed E-state index contributed by atoms with van der Waals surface area (Å²) in [6.07, 6.45) is 1.98. The van der Waals surface area contributed by atoms with Crippen molar-refractivity contribution < 1.29 is 3.63 Å². The molecule has 0 aliphatic heterocycles. The molecular formula is C16H20N2OS2. The summed E-state index contributed by atoms with van der Waals surface area (Å²) >= 11 is 3.00. The monoisotopic (exact) mass is 320 g/mol. The summed E-state index contributed by atoms with van der Waals surface area (Å²) in [5.74, 6) is 1.89. The second kappa shape index (κ2) is 8.87. The number of aryl methyl sites for hydroxylation is 2. The lowest BCUT2D eigenvalue weighted by Gasteiger charge is -2.03. The van der Waals surface area contributed by atoms with Crippen LogP contribution in [0.4, 0.5) is 11.4 Å². The maximum Gasteiger partial charge on any atom is 0.0314 e. The van der Waals surface area contributed by atoms with Gasteiger partial charge in [0.2, 0.25) is 0 Å². The molecule has 0 bridgehead atoms. The van der Waals surface area contributed by atoms with Gasteiger partial charge >= 0.3 is 0 Å². The molecule has 0 unspecified atom stereocenters. The van der Waals surface area contributed by atoms with Gasteiger partial charge in [0.1, 0.15) is 0 Å². The minimum Gasteiger partial charge on any atom is -0.399 e. The third-order valence-electron chi connectivity index (χ3n) is 3.00. The highest BCUT2D eigenvalue weighted by Gasteiger charge is 1.97. The van der Waals surface area contributed by atoms with E-state index in [0.717, 1.165) is 35.7 Å². The maximum absolute atomic E-state index is 5.65. The highest BCUT2D eigenvalue weighted by atomic mass is 32.2. The number of benzene rings is 2. The molecule has 0 amide bonds. The molecule has 0 saturated carbocycles. The number of rotatable bonds is 8. The first kappa shape index (κ1) is 16.1. The van der Waals surface area contributed by atoms with Gasteiger partial charge in [-0.15, -0.1) is 0 Å². The fraction of sp³-hybridized carbons (Fsp3) is 0.250. The molecule has 0 radical (unpaired) electrons. The number of anilines is 2. The molecule has 5 heteroatoms. The van der Waals surface area contributed by atoms with Gasteiger partial charge in [0.15, 0.2) is 0 Å². The summed E-state index contributed by atoms with van der Waals surface area (Å²) in [6.45, 7) is 0. The minimum absolute atomic E-state index is 0.806. The van der Waals surface area contributed by atoms with Crippen molar-refractivity contribution in [1.29, 1.82) is 0 Å². The van der Waals surface area contributed by atoms with Crippen LogP contribution in [0, 0.1) is 0 Å². The molecular weight excluding hydrogens is 300 g/mol. The van der Waals surface area contributed by atoms with E-state index in [-0.39, 0.29) is 0 Å². The van der Waals surface area contributed by atoms with E-state index in [0.29, 0.717) is 0 Å². The average Bonchev–Trinajstić information content (AvgIpc) is 2.50. The maximum atomic E-state index is 5.65. The van der Waals surface area contributed by atoms with Crippen molar-refractivity contribution in [3.63, 3.8) is 0 Å². The van der Waals surface area contributed by atoms with E-state index in [4.69, 9.17) is 15.1 Å². The summed E-state index contributed by atoms with van der Waals surface area (Å²) in [4.78, 5) is 0. The molecule has 3 nitrogen and oxygen atoms in total. The van der Waals surface area contributed by atoms with Gasteiger partial charge in [-0.05, 0) is 48.2 Å². The molecule has 4 N–H and O–H groups in total. The number of nitrogens with two attached hydrogens (primary N) is 2. The van der Waals surface area contributed by atoms with Crippen molar-refractivity contribution in [3.8, 4) is 0 Å². The highest BCUT2D eigenvalue weighted by Crippen LogP contribution is 2.18. The van der Waals surface area contributed by atoms with Crippen LogP contribution >= 0.6 is 24.1 Å². The Morgan fingerprint density at radius 3 is 1.43 bits per heavy atom. The molecule has 0 atom stereocenters. The number of hydrogen-bond donors (Lipinski definition) is 2. The predicted octanol–water partition coefficient (Wildman–Crippen LogP) is 3.95. The van der Waals surface area contributed by atoms with Crippen LogP contribution in [0.2, 0.25) is 0 Å². The van der Waals surface area contributed by atoms with Gasteiger partial charge in [-0.3, -0.25) is 0 Å². The molecule has 2 aromatic rings. The lowest BCUT2D eigenvalue weighted by molar-refractivity contribution is 0.753. The second-order valence-electron chi connectivity index (χ2n) is 4.70. The quantitative estimate of drug-likeness (QED) is 0.438. The van der Waals surface area contributed by atoms with Crippen molar-refractivity contribution in [2.45, 2.75) is 12.8 Å². The standard InChI is InChI=1S/C16H20N2OS2/c17-15-5-1-13(2-6-15)9-11-20-19-21-12-10-14-3-7-16(18)8-4-14/h1-8H,9-12,17-18H2. The molecule has 21 heavy (non-hydrogen) atoms. The predicted molar refractivity (Wildman–Crippen MR) is 95.1 cm³/mol. The SMILES string of the molecule is Nc1ccc(CCSOSCCc2ccc(N)cc2)cc1. The van der Waals surface area contributed by atoms with Gasteiger partial charge in [-0.2, -0.15) is 0 Å². The van der Waals surface area contributed by atoms with Gasteiger partial charge in [-0.1, -0.05) is 24.3 Å². The summed E-state index contributed by atoms with van der Waals surface area (Å²) in [5.41, 5.74) is 15.5. The van der Waals surface area contributed by atoms with Crippen LogP contribution in [0.5, 0.6) is 0 Å². The number of hydrogen-bond acceptors (Lipinski definition) is 5. The largest absolute Gasteiger partial charge is 0.399 e. The van der Waals surface area contributed by atoms with Crippen molar-refractivity contribution >= 4 is 35.5 Å². The van der Waals surface area contributed by atoms with Crippen molar-refractivity contribution in [3.05, 3.63) is 59.7 Å². The number of nitrogen functional groups attached to an aromatic ring is 2. The highest BCUT2D eigenvalue weighted by molar-refractivity contribution is 8.07. The van der Waals surface area contributed by atoms with E-state index in [2.05, 4.69) is 24.3 Å². The van der Waals surface area contributed by atoms with E-state index in [1.54, 1.807) is 0 Å². The first-order chi connectivity index (χ1) is 10.2. The summed E-state index contributed by atoms with van der Waals surface area (Å²) in [7, 11) is 0. The fourth-order valence-electron chi connectivity index (χ4n) is 1.79. The second-order valence-corrected chi connectivity index (χ2v) is 6.53. The normalized spacial score (nSPS) is 10.7. The van der Waals surface area contributed by atoms with E-state index in [1.807, 2.05) is 24.3 Å². The molecule has 112 valence electrons. The fourth-order valence-corrected chi connectivity index (χ4v) is 3.24. The molecule has 0 saturated heterocycles. The Hall–Kier alpha value is -1.30. The van der Waals surface area contributed by atoms with Crippen molar-refractivity contribution in [2.75, 3.05) is 23.0 Å². The summed E-state index contributed by atoms with van der Waals surface area (Å²) in [6, 6.07) is 16.0. The van der Waals surface area contributed by atoms with Crippen LogP contribution in [-0.4, -0.2) is 11.5 Å². The van der Waals surface area contributed by atoms with Gasteiger partial charge in [-0.25, -0.2) is 3.63 Å². The van der Waals surface area contributed by atoms with Crippen LogP contribution < -0.4 is 11.5 Å². The Kier molecular flexibility index (Phi) is 6.79. The first-order valence-electron chi connectivity index (χ1n) is 6.84. The van der Waals surface area contributed by atoms with Crippen LogP contribution in [0.3, 0.4) is 0 Å². The molecule has 2 aromatic carbocycles. The molecule has 0 aromatic heterocycles. The Bertz CT molecular complexity index is 479. The molecule has 0 fully saturated rings. The third kappa shape index (κ3) is 6.33. The topological polar surface area (TPSA) is 61.3 Å². The Morgan fingerprint density at radius 2 is 1.05 bits per heavy atom. The van der Waals surface area contributed by atoms with Crippen molar-refractivity contribution in [2.24, 2.45) is 0 Å². The zero-order valence-electron chi connectivity index (χ0n) is 11.8. The van der Waals surface area contributed by atoms with Gasteiger partial charge in [0.25, 0.3) is 0 Å². The zero-order chi connectivity index (χ0) is 14.9. The Balaban J connectivity index is 1.52. The molecule has 0 aliphatic rings. The average molecular weight is 320 g/mol.